The molecule has 20 heavy (non-hydrogen) atoms. The second kappa shape index (κ2) is 6.28. The Kier molecular flexibility index (Phi) is 4.67. The first-order chi connectivity index (χ1) is 9.52. The van der Waals surface area contributed by atoms with Gasteiger partial charge < -0.3 is 5.32 Å². The van der Waals surface area contributed by atoms with Crippen molar-refractivity contribution in [3.63, 3.8) is 0 Å². The standard InChI is InChI=1S/C14H20N4OS/c1-9(2)18-13(19)16-17-14(18)20-12-6-5-11(8-15-4)7-10(12)3/h5-7,9,15H,8H2,1-4H3,(H,16,19). The molecule has 0 amide bonds. The molecule has 1 heterocycles. The molecule has 0 aliphatic heterocycles. The summed E-state index contributed by atoms with van der Waals surface area (Å²) in [4.78, 5) is 12.8. The van der Waals surface area contributed by atoms with Crippen LogP contribution in [0, 0.1) is 6.92 Å². The lowest BCUT2D eigenvalue weighted by atomic mass is 10.1. The van der Waals surface area contributed by atoms with Crippen molar-refractivity contribution in [3.8, 4) is 0 Å². The molecular weight excluding hydrogens is 272 g/mol. The number of aryl methyl sites for hydroxylation is 1. The average Bonchev–Trinajstić information content (AvgIpc) is 2.74. The fourth-order valence-corrected chi connectivity index (χ4v) is 3.09. The summed E-state index contributed by atoms with van der Waals surface area (Å²) in [7, 11) is 1.93. The summed E-state index contributed by atoms with van der Waals surface area (Å²) in [6, 6.07) is 6.42. The van der Waals surface area contributed by atoms with Crippen molar-refractivity contribution in [2.24, 2.45) is 0 Å². The Balaban J connectivity index is 2.29. The van der Waals surface area contributed by atoms with Gasteiger partial charge in [-0.1, -0.05) is 12.1 Å². The van der Waals surface area contributed by atoms with Crippen molar-refractivity contribution in [3.05, 3.63) is 39.8 Å². The Morgan fingerprint density at radius 1 is 1.45 bits per heavy atom. The zero-order valence-corrected chi connectivity index (χ0v) is 13.0. The van der Waals surface area contributed by atoms with Gasteiger partial charge in [0.15, 0.2) is 5.16 Å². The van der Waals surface area contributed by atoms with Gasteiger partial charge in [0.25, 0.3) is 0 Å². The lowest BCUT2D eigenvalue weighted by Crippen LogP contribution is -2.19. The molecule has 0 atom stereocenters. The number of aromatic amines is 1. The van der Waals surface area contributed by atoms with Crippen LogP contribution in [-0.4, -0.2) is 21.8 Å². The third kappa shape index (κ3) is 3.13. The van der Waals surface area contributed by atoms with E-state index in [4.69, 9.17) is 0 Å². The molecule has 0 aliphatic rings. The molecular formula is C14H20N4OS. The Hall–Kier alpha value is -1.53. The zero-order valence-electron chi connectivity index (χ0n) is 12.2. The number of benzene rings is 1. The van der Waals surface area contributed by atoms with Gasteiger partial charge in [0.1, 0.15) is 0 Å². The predicted octanol–water partition coefficient (Wildman–Crippen LogP) is 2.33. The molecule has 0 saturated heterocycles. The average molecular weight is 292 g/mol. The molecule has 0 saturated carbocycles. The number of aromatic nitrogens is 3. The maximum atomic E-state index is 11.7. The summed E-state index contributed by atoms with van der Waals surface area (Å²) in [5, 5.41) is 10.5. The Bertz CT molecular complexity index is 645. The minimum Gasteiger partial charge on any atom is -0.316 e. The topological polar surface area (TPSA) is 62.7 Å². The van der Waals surface area contributed by atoms with Crippen LogP contribution in [-0.2, 0) is 6.54 Å². The van der Waals surface area contributed by atoms with Crippen LogP contribution in [0.25, 0.3) is 0 Å². The van der Waals surface area contributed by atoms with Gasteiger partial charge in [0.2, 0.25) is 0 Å². The van der Waals surface area contributed by atoms with E-state index in [1.807, 2.05) is 20.9 Å². The third-order valence-corrected chi connectivity index (χ3v) is 4.16. The monoisotopic (exact) mass is 292 g/mol. The lowest BCUT2D eigenvalue weighted by Gasteiger charge is -2.10. The smallest absolute Gasteiger partial charge is 0.316 e. The first kappa shape index (κ1) is 14.9. The Morgan fingerprint density at radius 3 is 2.80 bits per heavy atom. The lowest BCUT2D eigenvalue weighted by molar-refractivity contribution is 0.534. The second-order valence-corrected chi connectivity index (χ2v) is 6.02. The molecule has 0 unspecified atom stereocenters. The van der Waals surface area contributed by atoms with Crippen LogP contribution in [0.2, 0.25) is 0 Å². The van der Waals surface area contributed by atoms with E-state index < -0.39 is 0 Å². The fraction of sp³-hybridized carbons (Fsp3) is 0.429. The van der Waals surface area contributed by atoms with Gasteiger partial charge in [-0.3, -0.25) is 4.57 Å². The SMILES string of the molecule is CNCc1ccc(Sc2n[nH]c(=O)n2C(C)C)c(C)c1. The van der Waals surface area contributed by atoms with Gasteiger partial charge in [-0.25, -0.2) is 9.89 Å². The molecule has 1 aromatic carbocycles. The maximum Gasteiger partial charge on any atom is 0.344 e. The van der Waals surface area contributed by atoms with Crippen LogP contribution in [0.5, 0.6) is 0 Å². The van der Waals surface area contributed by atoms with Gasteiger partial charge in [0.05, 0.1) is 0 Å². The van der Waals surface area contributed by atoms with Crippen molar-refractivity contribution in [1.29, 1.82) is 0 Å². The molecule has 0 spiro atoms. The van der Waals surface area contributed by atoms with Crippen LogP contribution in [0.1, 0.15) is 31.0 Å². The highest BCUT2D eigenvalue weighted by molar-refractivity contribution is 7.99. The van der Waals surface area contributed by atoms with Gasteiger partial charge in [0, 0.05) is 17.5 Å². The van der Waals surface area contributed by atoms with Crippen LogP contribution in [0.3, 0.4) is 0 Å². The molecule has 0 aliphatic carbocycles. The Labute approximate surface area is 122 Å². The normalized spacial score (nSPS) is 11.2. The largest absolute Gasteiger partial charge is 0.344 e. The third-order valence-electron chi connectivity index (χ3n) is 3.01. The van der Waals surface area contributed by atoms with Gasteiger partial charge in [-0.15, -0.1) is 5.10 Å². The first-order valence-electron chi connectivity index (χ1n) is 6.61. The molecule has 0 bridgehead atoms. The molecule has 6 heteroatoms. The molecule has 0 fully saturated rings. The summed E-state index contributed by atoms with van der Waals surface area (Å²) < 4.78 is 1.67. The summed E-state index contributed by atoms with van der Waals surface area (Å²) in [6.45, 7) is 6.88. The van der Waals surface area contributed by atoms with E-state index in [0.717, 1.165) is 11.4 Å². The van der Waals surface area contributed by atoms with Gasteiger partial charge in [-0.05, 0) is 56.8 Å². The molecule has 108 valence electrons. The highest BCUT2D eigenvalue weighted by Crippen LogP contribution is 2.29. The van der Waals surface area contributed by atoms with Crippen LogP contribution in [0.4, 0.5) is 0 Å². The minimum atomic E-state index is -0.160. The molecule has 2 rings (SSSR count). The number of rotatable bonds is 5. The summed E-state index contributed by atoms with van der Waals surface area (Å²) in [5.41, 5.74) is 2.28. The van der Waals surface area contributed by atoms with Gasteiger partial charge >= 0.3 is 5.69 Å². The van der Waals surface area contributed by atoms with E-state index in [-0.39, 0.29) is 11.7 Å². The number of H-pyrrole nitrogens is 1. The number of hydrogen-bond acceptors (Lipinski definition) is 4. The fourth-order valence-electron chi connectivity index (χ4n) is 2.06. The van der Waals surface area contributed by atoms with E-state index in [9.17, 15) is 4.79 Å². The predicted molar refractivity (Wildman–Crippen MR) is 81.3 cm³/mol. The van der Waals surface area contributed by atoms with Crippen LogP contribution >= 0.6 is 11.8 Å². The van der Waals surface area contributed by atoms with Crippen molar-refractivity contribution in [1.82, 2.24) is 20.1 Å². The highest BCUT2D eigenvalue weighted by atomic mass is 32.2. The first-order valence-corrected chi connectivity index (χ1v) is 7.43. The summed E-state index contributed by atoms with van der Waals surface area (Å²) >= 11 is 1.52. The van der Waals surface area contributed by atoms with Crippen molar-refractivity contribution in [2.75, 3.05) is 7.05 Å². The molecule has 1 aromatic heterocycles. The summed E-state index contributed by atoms with van der Waals surface area (Å²) in [5.74, 6) is 0. The molecule has 0 radical (unpaired) electrons. The Morgan fingerprint density at radius 2 is 2.20 bits per heavy atom. The molecule has 2 N–H and O–H groups in total. The highest BCUT2D eigenvalue weighted by Gasteiger charge is 2.13. The van der Waals surface area contributed by atoms with E-state index in [1.165, 1.54) is 22.9 Å². The van der Waals surface area contributed by atoms with Crippen molar-refractivity contribution >= 4 is 11.8 Å². The van der Waals surface area contributed by atoms with Crippen LogP contribution < -0.4 is 11.0 Å². The maximum absolute atomic E-state index is 11.7. The quantitative estimate of drug-likeness (QED) is 0.888. The number of nitrogens with one attached hydrogen (secondary N) is 2. The molecule has 2 aromatic rings. The van der Waals surface area contributed by atoms with Gasteiger partial charge in [-0.2, -0.15) is 0 Å². The van der Waals surface area contributed by atoms with Crippen LogP contribution in [0.15, 0.2) is 33.0 Å². The van der Waals surface area contributed by atoms with E-state index in [1.54, 1.807) is 4.57 Å². The number of nitrogens with zero attached hydrogens (tertiary/aromatic N) is 2. The van der Waals surface area contributed by atoms with Crippen molar-refractivity contribution in [2.45, 2.75) is 43.4 Å². The molecule has 5 nitrogen and oxygen atoms in total. The number of hydrogen-bond donors (Lipinski definition) is 2. The van der Waals surface area contributed by atoms with E-state index >= 15 is 0 Å². The summed E-state index contributed by atoms with van der Waals surface area (Å²) in [6.07, 6.45) is 0. The van der Waals surface area contributed by atoms with Crippen molar-refractivity contribution < 1.29 is 0 Å². The minimum absolute atomic E-state index is 0.0904. The zero-order chi connectivity index (χ0) is 14.7. The van der Waals surface area contributed by atoms with E-state index in [2.05, 4.69) is 40.6 Å². The van der Waals surface area contributed by atoms with E-state index in [0.29, 0.717) is 5.16 Å². The second-order valence-electron chi connectivity index (χ2n) is 5.01.